The third kappa shape index (κ3) is 5.91. The maximum absolute atomic E-state index is 12.8. The van der Waals surface area contributed by atoms with Gasteiger partial charge in [0.1, 0.15) is 18.2 Å². The summed E-state index contributed by atoms with van der Waals surface area (Å²) < 4.78 is 18.1. The van der Waals surface area contributed by atoms with Crippen LogP contribution < -0.4 is 15.5 Å². The molecule has 0 unspecified atom stereocenters. The van der Waals surface area contributed by atoms with E-state index in [0.717, 1.165) is 0 Å². The van der Waals surface area contributed by atoms with Crippen molar-refractivity contribution in [1.82, 2.24) is 5.43 Å². The second kappa shape index (κ2) is 8.97. The van der Waals surface area contributed by atoms with Gasteiger partial charge in [0.25, 0.3) is 0 Å². The quantitative estimate of drug-likeness (QED) is 0.367. The molecule has 0 bridgehead atoms. The summed E-state index contributed by atoms with van der Waals surface area (Å²) >= 11 is 0. The Labute approximate surface area is 144 Å². The number of halogens is 1. The van der Waals surface area contributed by atoms with E-state index < -0.39 is 17.6 Å². The second-order valence-electron chi connectivity index (χ2n) is 4.83. The first-order valence-corrected chi connectivity index (χ1v) is 7.32. The number of nitrogens with one attached hydrogen (secondary N) is 2. The number of hydrogen-bond acceptors (Lipinski definition) is 4. The van der Waals surface area contributed by atoms with E-state index in [0.29, 0.717) is 23.6 Å². The minimum Gasteiger partial charge on any atom is -0.490 e. The van der Waals surface area contributed by atoms with Gasteiger partial charge in [-0.3, -0.25) is 9.59 Å². The molecule has 0 saturated carbocycles. The Bertz CT molecular complexity index is 771. The maximum atomic E-state index is 12.8. The lowest BCUT2D eigenvalue weighted by Crippen LogP contribution is -2.32. The van der Waals surface area contributed by atoms with Gasteiger partial charge in [0.2, 0.25) is 0 Å². The van der Waals surface area contributed by atoms with Crippen LogP contribution in [0.3, 0.4) is 0 Å². The first-order chi connectivity index (χ1) is 12.1. The number of carbonyl (C=O) groups is 2. The van der Waals surface area contributed by atoms with Gasteiger partial charge in [-0.1, -0.05) is 12.7 Å². The lowest BCUT2D eigenvalue weighted by molar-refractivity contribution is -0.136. The Hall–Kier alpha value is -3.48. The highest BCUT2D eigenvalue weighted by molar-refractivity contribution is 6.39. The summed E-state index contributed by atoms with van der Waals surface area (Å²) in [6.45, 7) is 3.97. The van der Waals surface area contributed by atoms with Crippen molar-refractivity contribution in [2.24, 2.45) is 5.10 Å². The number of benzene rings is 2. The summed E-state index contributed by atoms with van der Waals surface area (Å²) in [7, 11) is 0. The summed E-state index contributed by atoms with van der Waals surface area (Å²) in [5.41, 5.74) is 3.13. The van der Waals surface area contributed by atoms with Gasteiger partial charge in [-0.25, -0.2) is 9.82 Å². The highest BCUT2D eigenvalue weighted by Gasteiger charge is 2.12. The zero-order valence-electron chi connectivity index (χ0n) is 13.2. The van der Waals surface area contributed by atoms with Crippen LogP contribution in [0.1, 0.15) is 5.56 Å². The molecule has 128 valence electrons. The van der Waals surface area contributed by atoms with Crippen molar-refractivity contribution in [3.8, 4) is 5.75 Å². The molecule has 2 N–H and O–H groups in total. The molecule has 6 nitrogen and oxygen atoms in total. The van der Waals surface area contributed by atoms with Gasteiger partial charge < -0.3 is 10.1 Å². The van der Waals surface area contributed by atoms with E-state index >= 15 is 0 Å². The van der Waals surface area contributed by atoms with Crippen molar-refractivity contribution in [3.63, 3.8) is 0 Å². The van der Waals surface area contributed by atoms with Crippen molar-refractivity contribution in [2.75, 3.05) is 11.9 Å². The van der Waals surface area contributed by atoms with Crippen LogP contribution in [0.5, 0.6) is 5.75 Å². The van der Waals surface area contributed by atoms with Crippen LogP contribution in [0.4, 0.5) is 10.1 Å². The average molecular weight is 341 g/mol. The summed E-state index contributed by atoms with van der Waals surface area (Å²) in [5, 5.41) is 6.04. The van der Waals surface area contributed by atoms with Gasteiger partial charge in [-0.05, 0) is 54.1 Å². The molecule has 2 aromatic carbocycles. The average Bonchev–Trinajstić information content (AvgIpc) is 2.62. The number of hydrogen-bond donors (Lipinski definition) is 2. The Morgan fingerprint density at radius 1 is 1.08 bits per heavy atom. The zero-order valence-corrected chi connectivity index (χ0v) is 13.2. The minimum atomic E-state index is -0.938. The molecule has 0 atom stereocenters. The fourth-order valence-electron chi connectivity index (χ4n) is 1.74. The number of anilines is 1. The molecule has 2 aromatic rings. The number of ether oxygens (including phenoxy) is 1. The van der Waals surface area contributed by atoms with Gasteiger partial charge in [0.05, 0.1) is 6.21 Å². The highest BCUT2D eigenvalue weighted by Crippen LogP contribution is 2.11. The molecular weight excluding hydrogens is 325 g/mol. The number of nitrogens with zero attached hydrogens (tertiary/aromatic N) is 1. The van der Waals surface area contributed by atoms with E-state index in [1.807, 2.05) is 0 Å². The molecule has 2 amide bonds. The molecule has 0 aliphatic rings. The van der Waals surface area contributed by atoms with Crippen LogP contribution >= 0.6 is 0 Å². The zero-order chi connectivity index (χ0) is 18.1. The third-order valence-corrected chi connectivity index (χ3v) is 2.94. The van der Waals surface area contributed by atoms with Crippen LogP contribution in [-0.2, 0) is 9.59 Å². The maximum Gasteiger partial charge on any atom is 0.329 e. The van der Waals surface area contributed by atoms with E-state index in [4.69, 9.17) is 4.74 Å². The standard InChI is InChI=1S/C18H16FN3O3/c1-2-11-25-16-9-3-13(4-10-16)12-20-22-18(24)17(23)21-15-7-5-14(19)6-8-15/h2-10,12H,1,11H2,(H,21,23)(H,22,24)/b20-12+. The molecule has 0 aliphatic carbocycles. The van der Waals surface area contributed by atoms with Crippen molar-refractivity contribution in [3.05, 3.63) is 72.6 Å². The molecule has 7 heteroatoms. The van der Waals surface area contributed by atoms with Gasteiger partial charge >= 0.3 is 11.8 Å². The predicted molar refractivity (Wildman–Crippen MR) is 92.9 cm³/mol. The number of rotatable bonds is 6. The molecule has 0 aliphatic heterocycles. The van der Waals surface area contributed by atoms with Crippen LogP contribution in [0, 0.1) is 5.82 Å². The summed E-state index contributed by atoms with van der Waals surface area (Å²) in [5.74, 6) is -1.60. The topological polar surface area (TPSA) is 79.8 Å². The van der Waals surface area contributed by atoms with E-state index in [1.54, 1.807) is 30.3 Å². The molecule has 0 fully saturated rings. The molecule has 2 rings (SSSR count). The normalized spacial score (nSPS) is 10.3. The van der Waals surface area contributed by atoms with Crippen molar-refractivity contribution in [2.45, 2.75) is 0 Å². The summed E-state index contributed by atoms with van der Waals surface area (Å²) in [6.07, 6.45) is 3.03. The molecule has 0 radical (unpaired) electrons. The van der Waals surface area contributed by atoms with Crippen molar-refractivity contribution in [1.29, 1.82) is 0 Å². The van der Waals surface area contributed by atoms with Gasteiger partial charge in [-0.2, -0.15) is 5.10 Å². The number of hydrazone groups is 1. The largest absolute Gasteiger partial charge is 0.490 e. The Morgan fingerprint density at radius 2 is 1.76 bits per heavy atom. The smallest absolute Gasteiger partial charge is 0.329 e. The first-order valence-electron chi connectivity index (χ1n) is 7.32. The monoisotopic (exact) mass is 341 g/mol. The van der Waals surface area contributed by atoms with E-state index in [2.05, 4.69) is 22.4 Å². The Kier molecular flexibility index (Phi) is 6.41. The van der Waals surface area contributed by atoms with Gasteiger partial charge in [-0.15, -0.1) is 0 Å². The molecule has 0 heterocycles. The number of amides is 2. The molecule has 0 spiro atoms. The van der Waals surface area contributed by atoms with Crippen LogP contribution in [0.15, 0.2) is 66.3 Å². The van der Waals surface area contributed by atoms with Crippen molar-refractivity contribution >= 4 is 23.7 Å². The molecule has 25 heavy (non-hydrogen) atoms. The highest BCUT2D eigenvalue weighted by atomic mass is 19.1. The SMILES string of the molecule is C=CCOc1ccc(/C=N/NC(=O)C(=O)Nc2ccc(F)cc2)cc1. The molecular formula is C18H16FN3O3. The Balaban J connectivity index is 1.83. The van der Waals surface area contributed by atoms with E-state index in [9.17, 15) is 14.0 Å². The minimum absolute atomic E-state index is 0.306. The lowest BCUT2D eigenvalue weighted by Gasteiger charge is -2.04. The van der Waals surface area contributed by atoms with E-state index in [-0.39, 0.29) is 0 Å². The van der Waals surface area contributed by atoms with Gasteiger partial charge in [0, 0.05) is 5.69 Å². The summed E-state index contributed by atoms with van der Waals surface area (Å²) in [6, 6.07) is 12.0. The first kappa shape index (κ1) is 17.9. The predicted octanol–water partition coefficient (Wildman–Crippen LogP) is 2.48. The summed E-state index contributed by atoms with van der Waals surface area (Å²) in [4.78, 5) is 23.3. The van der Waals surface area contributed by atoms with Gasteiger partial charge in [0.15, 0.2) is 0 Å². The lowest BCUT2D eigenvalue weighted by atomic mass is 10.2. The van der Waals surface area contributed by atoms with Crippen LogP contribution in [0.2, 0.25) is 0 Å². The Morgan fingerprint density at radius 3 is 2.40 bits per heavy atom. The fraction of sp³-hybridized carbons (Fsp3) is 0.0556. The number of carbonyl (C=O) groups excluding carboxylic acids is 2. The van der Waals surface area contributed by atoms with Crippen molar-refractivity contribution < 1.29 is 18.7 Å². The molecule has 0 aromatic heterocycles. The third-order valence-electron chi connectivity index (χ3n) is 2.94. The van der Waals surface area contributed by atoms with E-state index in [1.165, 1.54) is 30.5 Å². The second-order valence-corrected chi connectivity index (χ2v) is 4.83. The van der Waals surface area contributed by atoms with Crippen LogP contribution in [-0.4, -0.2) is 24.6 Å². The molecule has 0 saturated heterocycles. The van der Waals surface area contributed by atoms with Crippen LogP contribution in [0.25, 0.3) is 0 Å². The fourth-order valence-corrected chi connectivity index (χ4v) is 1.74.